The van der Waals surface area contributed by atoms with Gasteiger partial charge in [-0.25, -0.2) is 0 Å². The maximum absolute atomic E-state index is 12.6. The molecule has 2 aromatic carbocycles. The molecule has 0 atom stereocenters. The number of hydrogen-bond acceptors (Lipinski definition) is 4. The zero-order valence-electron chi connectivity index (χ0n) is 12.7. The van der Waals surface area contributed by atoms with Crippen molar-refractivity contribution >= 4 is 28.5 Å². The van der Waals surface area contributed by atoms with E-state index in [1.54, 1.807) is 22.8 Å². The fraction of sp³-hybridized carbons (Fsp3) is 0.111. The van der Waals surface area contributed by atoms with Gasteiger partial charge in [-0.3, -0.25) is 9.79 Å². The Hall–Kier alpha value is -3.08. The molecule has 0 unspecified atom stereocenters. The number of anilines is 1. The van der Waals surface area contributed by atoms with Crippen molar-refractivity contribution in [2.45, 2.75) is 13.5 Å². The minimum Gasteiger partial charge on any atom is -0.506 e. The van der Waals surface area contributed by atoms with E-state index in [-0.39, 0.29) is 16.9 Å². The van der Waals surface area contributed by atoms with Crippen molar-refractivity contribution in [2.24, 2.45) is 4.99 Å². The molecule has 0 radical (unpaired) electrons. The maximum atomic E-state index is 12.6. The third-order valence-electron chi connectivity index (χ3n) is 3.77. The predicted octanol–water partition coefficient (Wildman–Crippen LogP) is 3.06. The Kier molecular flexibility index (Phi) is 3.85. The van der Waals surface area contributed by atoms with Crippen LogP contribution in [0.15, 0.2) is 58.3 Å². The van der Waals surface area contributed by atoms with Gasteiger partial charge in [0.1, 0.15) is 11.3 Å². The summed E-state index contributed by atoms with van der Waals surface area (Å²) >= 11 is 0. The van der Waals surface area contributed by atoms with E-state index in [2.05, 4.69) is 4.99 Å². The number of aromatic nitrogens is 1. The molecule has 1 heterocycles. The van der Waals surface area contributed by atoms with Crippen LogP contribution in [0.1, 0.15) is 12.5 Å². The van der Waals surface area contributed by atoms with Crippen LogP contribution in [0.2, 0.25) is 0 Å². The largest absolute Gasteiger partial charge is 0.506 e. The second-order valence-corrected chi connectivity index (χ2v) is 5.15. The summed E-state index contributed by atoms with van der Waals surface area (Å²) in [7, 11) is 0. The Morgan fingerprint density at radius 3 is 2.61 bits per heavy atom. The SMILES string of the molecule is CCn1c(=O)c(C=Nc2ccccc2N)c(O)c2ccccc21. The summed E-state index contributed by atoms with van der Waals surface area (Å²) in [6.07, 6.45) is 1.38. The van der Waals surface area contributed by atoms with Crippen molar-refractivity contribution in [3.63, 3.8) is 0 Å². The second kappa shape index (κ2) is 5.96. The van der Waals surface area contributed by atoms with Crippen molar-refractivity contribution in [3.8, 4) is 5.75 Å². The van der Waals surface area contributed by atoms with Gasteiger partial charge in [0.2, 0.25) is 0 Å². The highest BCUT2D eigenvalue weighted by Gasteiger charge is 2.13. The van der Waals surface area contributed by atoms with Crippen LogP contribution in [-0.2, 0) is 6.54 Å². The average Bonchev–Trinajstić information content (AvgIpc) is 2.57. The van der Waals surface area contributed by atoms with E-state index in [1.165, 1.54) is 6.21 Å². The van der Waals surface area contributed by atoms with E-state index in [0.717, 1.165) is 0 Å². The Morgan fingerprint density at radius 2 is 1.87 bits per heavy atom. The summed E-state index contributed by atoms with van der Waals surface area (Å²) in [5.41, 5.74) is 7.51. The lowest BCUT2D eigenvalue weighted by Gasteiger charge is -2.11. The van der Waals surface area contributed by atoms with Gasteiger partial charge in [0.25, 0.3) is 5.56 Å². The minimum absolute atomic E-state index is 0.0615. The fourth-order valence-electron chi connectivity index (χ4n) is 2.58. The average molecular weight is 307 g/mol. The molecule has 3 N–H and O–H groups in total. The first kappa shape index (κ1) is 14.8. The number of aryl methyl sites for hydroxylation is 1. The highest BCUT2D eigenvalue weighted by atomic mass is 16.3. The van der Waals surface area contributed by atoms with Crippen LogP contribution in [-0.4, -0.2) is 15.9 Å². The van der Waals surface area contributed by atoms with Crippen molar-refractivity contribution in [1.82, 2.24) is 4.57 Å². The van der Waals surface area contributed by atoms with E-state index in [1.807, 2.05) is 37.3 Å². The van der Waals surface area contributed by atoms with Gasteiger partial charge in [-0.1, -0.05) is 24.3 Å². The number of para-hydroxylation sites is 3. The van der Waals surface area contributed by atoms with Crippen LogP contribution in [0.3, 0.4) is 0 Å². The number of benzene rings is 2. The van der Waals surface area contributed by atoms with Gasteiger partial charge in [0.15, 0.2) is 0 Å². The monoisotopic (exact) mass is 307 g/mol. The van der Waals surface area contributed by atoms with Gasteiger partial charge in [0.05, 0.1) is 16.9 Å². The van der Waals surface area contributed by atoms with E-state index in [9.17, 15) is 9.90 Å². The molecule has 0 aliphatic rings. The van der Waals surface area contributed by atoms with Crippen molar-refractivity contribution < 1.29 is 5.11 Å². The molecule has 0 amide bonds. The van der Waals surface area contributed by atoms with Gasteiger partial charge in [-0.15, -0.1) is 0 Å². The van der Waals surface area contributed by atoms with Crippen LogP contribution >= 0.6 is 0 Å². The van der Waals surface area contributed by atoms with Gasteiger partial charge < -0.3 is 15.4 Å². The Balaban J connectivity index is 2.22. The number of aromatic hydroxyl groups is 1. The molecule has 23 heavy (non-hydrogen) atoms. The lowest BCUT2D eigenvalue weighted by molar-refractivity contribution is 0.478. The quantitative estimate of drug-likeness (QED) is 0.576. The second-order valence-electron chi connectivity index (χ2n) is 5.15. The molecule has 1 aromatic heterocycles. The number of hydrogen-bond donors (Lipinski definition) is 2. The molecular formula is C18H17N3O2. The Morgan fingerprint density at radius 1 is 1.17 bits per heavy atom. The summed E-state index contributed by atoms with van der Waals surface area (Å²) < 4.78 is 1.62. The summed E-state index contributed by atoms with van der Waals surface area (Å²) in [5, 5.41) is 11.1. The molecule has 5 nitrogen and oxygen atoms in total. The number of nitrogens with two attached hydrogens (primary N) is 1. The first-order valence-electron chi connectivity index (χ1n) is 7.36. The van der Waals surface area contributed by atoms with Gasteiger partial charge in [0, 0.05) is 18.1 Å². The van der Waals surface area contributed by atoms with Crippen LogP contribution in [0, 0.1) is 0 Å². The van der Waals surface area contributed by atoms with Crippen LogP contribution in [0.25, 0.3) is 10.9 Å². The molecule has 3 rings (SSSR count). The van der Waals surface area contributed by atoms with Crippen LogP contribution in [0.5, 0.6) is 5.75 Å². The highest BCUT2D eigenvalue weighted by molar-refractivity contribution is 5.96. The first-order chi connectivity index (χ1) is 11.1. The topological polar surface area (TPSA) is 80.6 Å². The summed E-state index contributed by atoms with van der Waals surface area (Å²) in [4.78, 5) is 16.9. The first-order valence-corrected chi connectivity index (χ1v) is 7.36. The number of nitrogens with zero attached hydrogens (tertiary/aromatic N) is 2. The number of rotatable bonds is 3. The van der Waals surface area contributed by atoms with Crippen LogP contribution in [0.4, 0.5) is 11.4 Å². The van der Waals surface area contributed by atoms with Gasteiger partial charge >= 0.3 is 0 Å². The number of nitrogen functional groups attached to an aromatic ring is 1. The smallest absolute Gasteiger partial charge is 0.263 e. The molecule has 0 aliphatic heterocycles. The van der Waals surface area contributed by atoms with E-state index in [0.29, 0.717) is 28.8 Å². The molecule has 116 valence electrons. The van der Waals surface area contributed by atoms with Crippen molar-refractivity contribution in [3.05, 3.63) is 64.4 Å². The molecule has 0 aliphatic carbocycles. The number of pyridine rings is 1. The standard InChI is InChI=1S/C18H17N3O2/c1-2-21-16-10-6-3-7-12(16)17(22)13(18(21)23)11-20-15-9-5-4-8-14(15)19/h3-11,22H,2,19H2,1H3. The van der Waals surface area contributed by atoms with Gasteiger partial charge in [-0.2, -0.15) is 0 Å². The van der Waals surface area contributed by atoms with E-state index >= 15 is 0 Å². The lowest BCUT2D eigenvalue weighted by Crippen LogP contribution is -2.23. The van der Waals surface area contributed by atoms with Crippen LogP contribution < -0.4 is 11.3 Å². The number of fused-ring (bicyclic) bond motifs is 1. The van der Waals surface area contributed by atoms with Gasteiger partial charge in [-0.05, 0) is 31.2 Å². The Labute approximate surface area is 133 Å². The van der Waals surface area contributed by atoms with Crippen molar-refractivity contribution in [1.29, 1.82) is 0 Å². The highest BCUT2D eigenvalue weighted by Crippen LogP contribution is 2.26. The third kappa shape index (κ3) is 2.57. The molecular weight excluding hydrogens is 290 g/mol. The zero-order chi connectivity index (χ0) is 16.4. The Bertz CT molecular complexity index is 958. The summed E-state index contributed by atoms with van der Waals surface area (Å²) in [6.45, 7) is 2.40. The summed E-state index contributed by atoms with van der Waals surface area (Å²) in [5.74, 6) is -0.0615. The third-order valence-corrected chi connectivity index (χ3v) is 3.77. The van der Waals surface area contributed by atoms with E-state index in [4.69, 9.17) is 5.73 Å². The number of aliphatic imine (C=N–C) groups is 1. The maximum Gasteiger partial charge on any atom is 0.263 e. The molecule has 0 spiro atoms. The molecule has 5 heteroatoms. The molecule has 0 fully saturated rings. The molecule has 0 saturated carbocycles. The minimum atomic E-state index is -0.276. The van der Waals surface area contributed by atoms with E-state index < -0.39 is 0 Å². The van der Waals surface area contributed by atoms with Crippen molar-refractivity contribution in [2.75, 3.05) is 5.73 Å². The zero-order valence-corrected chi connectivity index (χ0v) is 12.7. The predicted molar refractivity (Wildman–Crippen MR) is 93.7 cm³/mol. The summed E-state index contributed by atoms with van der Waals surface area (Å²) in [6, 6.07) is 14.4. The molecule has 3 aromatic rings. The molecule has 0 bridgehead atoms. The lowest BCUT2D eigenvalue weighted by atomic mass is 10.1. The normalized spacial score (nSPS) is 11.3. The fourth-order valence-corrected chi connectivity index (χ4v) is 2.58. The molecule has 0 saturated heterocycles.